The summed E-state index contributed by atoms with van der Waals surface area (Å²) in [5, 5.41) is 18.7. The molecule has 0 aliphatic carbocycles. The highest BCUT2D eigenvalue weighted by atomic mass is 16.4. The van der Waals surface area contributed by atoms with E-state index in [4.69, 9.17) is 5.11 Å². The Balaban J connectivity index is 1.80. The molecule has 1 atom stereocenters. The van der Waals surface area contributed by atoms with E-state index in [-0.39, 0.29) is 11.6 Å². The summed E-state index contributed by atoms with van der Waals surface area (Å²) < 4.78 is 0. The average Bonchev–Trinajstić information content (AvgIpc) is 2.89. The van der Waals surface area contributed by atoms with E-state index in [1.165, 1.54) is 6.07 Å². The molecule has 6 nitrogen and oxygen atoms in total. The lowest BCUT2D eigenvalue weighted by Gasteiger charge is -2.33. The van der Waals surface area contributed by atoms with Gasteiger partial charge in [-0.2, -0.15) is 0 Å². The second-order valence-corrected chi connectivity index (χ2v) is 5.57. The van der Waals surface area contributed by atoms with Gasteiger partial charge >= 0.3 is 12.0 Å². The molecule has 0 radical (unpaired) electrons. The first-order valence-electron chi connectivity index (χ1n) is 7.17. The fourth-order valence-electron chi connectivity index (χ4n) is 3.03. The lowest BCUT2D eigenvalue weighted by molar-refractivity contribution is 0.0696. The number of fused-ring (bicyclic) bond motifs is 1. The van der Waals surface area contributed by atoms with Crippen LogP contribution in [0.3, 0.4) is 0 Å². The van der Waals surface area contributed by atoms with Crippen molar-refractivity contribution < 1.29 is 19.8 Å². The zero-order valence-electron chi connectivity index (χ0n) is 11.7. The van der Waals surface area contributed by atoms with Crippen molar-refractivity contribution in [3.05, 3.63) is 29.3 Å². The SMILES string of the molecule is O=C(O)c1ccc2c(c1)CCN2C(=O)N1CCCC(O)C1. The number of carboxylic acids is 1. The number of nitrogens with zero attached hydrogens (tertiary/aromatic N) is 2. The number of aliphatic hydroxyl groups is 1. The number of rotatable bonds is 1. The van der Waals surface area contributed by atoms with Gasteiger partial charge in [-0.1, -0.05) is 0 Å². The summed E-state index contributed by atoms with van der Waals surface area (Å²) in [6.07, 6.45) is 1.77. The number of amides is 2. The van der Waals surface area contributed by atoms with Gasteiger partial charge in [-0.05, 0) is 43.0 Å². The zero-order valence-corrected chi connectivity index (χ0v) is 11.7. The van der Waals surface area contributed by atoms with Gasteiger partial charge in [0.05, 0.1) is 11.7 Å². The first-order valence-corrected chi connectivity index (χ1v) is 7.17. The third kappa shape index (κ3) is 2.58. The van der Waals surface area contributed by atoms with Crippen LogP contribution < -0.4 is 4.90 Å². The Kier molecular flexibility index (Phi) is 3.55. The number of β-amino-alcohol motifs (C(OH)–C–C–N with tert-alkyl or cyclic N) is 1. The minimum atomic E-state index is -0.957. The Morgan fingerprint density at radius 3 is 2.76 bits per heavy atom. The van der Waals surface area contributed by atoms with E-state index < -0.39 is 12.1 Å². The number of carboxylic acid groups (broad SMARTS) is 1. The van der Waals surface area contributed by atoms with Crippen molar-refractivity contribution in [3.8, 4) is 0 Å². The molecule has 1 unspecified atom stereocenters. The smallest absolute Gasteiger partial charge is 0.335 e. The van der Waals surface area contributed by atoms with Gasteiger partial charge in [0.15, 0.2) is 0 Å². The average molecular weight is 290 g/mol. The van der Waals surface area contributed by atoms with Crippen LogP contribution in [0.1, 0.15) is 28.8 Å². The zero-order chi connectivity index (χ0) is 15.0. The van der Waals surface area contributed by atoms with Crippen LogP contribution in [0.2, 0.25) is 0 Å². The molecule has 0 spiro atoms. The summed E-state index contributed by atoms with van der Waals surface area (Å²) in [5.41, 5.74) is 1.92. The number of piperidine rings is 1. The minimum absolute atomic E-state index is 0.101. The second kappa shape index (κ2) is 5.37. The lowest BCUT2D eigenvalue weighted by atomic mass is 10.1. The number of anilines is 1. The van der Waals surface area contributed by atoms with Gasteiger partial charge in [0.1, 0.15) is 0 Å². The maximum absolute atomic E-state index is 12.6. The summed E-state index contributed by atoms with van der Waals surface area (Å²) in [7, 11) is 0. The van der Waals surface area contributed by atoms with Gasteiger partial charge in [-0.25, -0.2) is 9.59 Å². The molecule has 0 aromatic heterocycles. The first kappa shape index (κ1) is 13.9. The number of hydrogen-bond donors (Lipinski definition) is 2. The van der Waals surface area contributed by atoms with E-state index in [0.717, 1.165) is 24.1 Å². The summed E-state index contributed by atoms with van der Waals surface area (Å²) in [6.45, 7) is 1.59. The van der Waals surface area contributed by atoms with Gasteiger partial charge in [0.25, 0.3) is 0 Å². The van der Waals surface area contributed by atoms with Crippen LogP contribution in [-0.4, -0.2) is 52.9 Å². The second-order valence-electron chi connectivity index (χ2n) is 5.57. The van der Waals surface area contributed by atoms with Gasteiger partial charge < -0.3 is 15.1 Å². The fourth-order valence-corrected chi connectivity index (χ4v) is 3.03. The van der Waals surface area contributed by atoms with Crippen LogP contribution in [0.5, 0.6) is 0 Å². The van der Waals surface area contributed by atoms with Crippen LogP contribution >= 0.6 is 0 Å². The number of hydrogen-bond acceptors (Lipinski definition) is 3. The molecule has 0 saturated carbocycles. The molecule has 1 aromatic rings. The summed E-state index contributed by atoms with van der Waals surface area (Å²) in [4.78, 5) is 26.9. The quantitative estimate of drug-likeness (QED) is 0.817. The monoisotopic (exact) mass is 290 g/mol. The van der Waals surface area contributed by atoms with Gasteiger partial charge in [-0.15, -0.1) is 0 Å². The van der Waals surface area contributed by atoms with Crippen molar-refractivity contribution in [3.63, 3.8) is 0 Å². The third-order valence-electron chi connectivity index (χ3n) is 4.12. The molecule has 1 aromatic carbocycles. The Bertz CT molecular complexity index is 587. The number of carbonyl (C=O) groups excluding carboxylic acids is 1. The lowest BCUT2D eigenvalue weighted by Crippen LogP contribution is -2.48. The van der Waals surface area contributed by atoms with Crippen LogP contribution in [0.15, 0.2) is 18.2 Å². The van der Waals surface area contributed by atoms with Gasteiger partial charge in [0.2, 0.25) is 0 Å². The molecule has 3 rings (SSSR count). The Morgan fingerprint density at radius 2 is 2.05 bits per heavy atom. The van der Waals surface area contributed by atoms with E-state index in [2.05, 4.69) is 0 Å². The molecule has 0 bridgehead atoms. The summed E-state index contributed by atoms with van der Waals surface area (Å²) in [6, 6.07) is 4.76. The summed E-state index contributed by atoms with van der Waals surface area (Å²) in [5.74, 6) is -0.957. The number of aromatic carboxylic acids is 1. The minimum Gasteiger partial charge on any atom is -0.478 e. The highest BCUT2D eigenvalue weighted by molar-refractivity contribution is 5.96. The maximum Gasteiger partial charge on any atom is 0.335 e. The highest BCUT2D eigenvalue weighted by Gasteiger charge is 2.31. The molecular formula is C15H18N2O4. The summed E-state index contributed by atoms with van der Waals surface area (Å²) >= 11 is 0. The van der Waals surface area contributed by atoms with Crippen molar-refractivity contribution in [2.75, 3.05) is 24.5 Å². The van der Waals surface area contributed by atoms with Crippen molar-refractivity contribution >= 4 is 17.7 Å². The maximum atomic E-state index is 12.6. The van der Waals surface area contributed by atoms with E-state index in [1.54, 1.807) is 21.9 Å². The topological polar surface area (TPSA) is 81.1 Å². The van der Waals surface area contributed by atoms with Crippen molar-refractivity contribution in [2.24, 2.45) is 0 Å². The largest absolute Gasteiger partial charge is 0.478 e. The number of likely N-dealkylation sites (tertiary alicyclic amines) is 1. The van der Waals surface area contributed by atoms with Crippen LogP contribution in [0.4, 0.5) is 10.5 Å². The van der Waals surface area contributed by atoms with E-state index in [0.29, 0.717) is 26.1 Å². The van der Waals surface area contributed by atoms with Crippen molar-refractivity contribution in [2.45, 2.75) is 25.4 Å². The van der Waals surface area contributed by atoms with E-state index in [9.17, 15) is 14.7 Å². The number of carbonyl (C=O) groups is 2. The first-order chi connectivity index (χ1) is 10.1. The molecule has 2 heterocycles. The third-order valence-corrected chi connectivity index (χ3v) is 4.12. The van der Waals surface area contributed by atoms with Crippen LogP contribution in [0.25, 0.3) is 0 Å². The Morgan fingerprint density at radius 1 is 1.24 bits per heavy atom. The van der Waals surface area contributed by atoms with Crippen LogP contribution in [-0.2, 0) is 6.42 Å². The highest BCUT2D eigenvalue weighted by Crippen LogP contribution is 2.30. The molecule has 1 saturated heterocycles. The normalized spacial score (nSPS) is 21.3. The van der Waals surface area contributed by atoms with E-state index >= 15 is 0 Å². The molecule has 2 amide bonds. The molecular weight excluding hydrogens is 272 g/mol. The number of benzene rings is 1. The molecule has 1 fully saturated rings. The molecule has 6 heteroatoms. The number of urea groups is 1. The van der Waals surface area contributed by atoms with Crippen molar-refractivity contribution in [1.29, 1.82) is 0 Å². The predicted molar refractivity (Wildman–Crippen MR) is 76.7 cm³/mol. The van der Waals surface area contributed by atoms with Crippen LogP contribution in [0, 0.1) is 0 Å². The van der Waals surface area contributed by atoms with Crippen molar-refractivity contribution in [1.82, 2.24) is 4.90 Å². The predicted octanol–water partition coefficient (Wildman–Crippen LogP) is 1.32. The standard InChI is InChI=1S/C15H18N2O4/c18-12-2-1-6-16(9-12)15(21)17-7-5-10-8-11(14(19)20)3-4-13(10)17/h3-4,8,12,18H,1-2,5-7,9H2,(H,19,20). The van der Waals surface area contributed by atoms with E-state index in [1.807, 2.05) is 0 Å². The molecule has 112 valence electrons. The Labute approximate surface area is 122 Å². The number of aliphatic hydroxyl groups excluding tert-OH is 1. The molecule has 2 N–H and O–H groups in total. The van der Waals surface area contributed by atoms with Gasteiger partial charge in [-0.3, -0.25) is 4.90 Å². The molecule has 2 aliphatic rings. The van der Waals surface area contributed by atoms with Gasteiger partial charge in [0, 0.05) is 25.3 Å². The molecule has 2 aliphatic heterocycles. The molecule has 21 heavy (non-hydrogen) atoms. The fraction of sp³-hybridized carbons (Fsp3) is 0.467. The Hall–Kier alpha value is -2.08.